The molecule has 1 amide bonds. The monoisotopic (exact) mass is 280 g/mol. The van der Waals surface area contributed by atoms with Gasteiger partial charge in [-0.15, -0.1) is 0 Å². The Kier molecular flexibility index (Phi) is 5.49. The smallest absolute Gasteiger partial charge is 0.254 e. The molecule has 4 nitrogen and oxygen atoms in total. The molecule has 20 heavy (non-hydrogen) atoms. The van der Waals surface area contributed by atoms with Crippen LogP contribution in [0.2, 0.25) is 0 Å². The van der Waals surface area contributed by atoms with Crippen LogP contribution < -0.4 is 0 Å². The molecule has 0 radical (unpaired) electrons. The molecule has 1 aliphatic rings. The summed E-state index contributed by atoms with van der Waals surface area (Å²) in [5.41, 5.74) is 0.429. The molecule has 5 heteroatoms. The molecule has 1 heterocycles. The number of carbonyl (C=O) groups is 1. The number of ether oxygens (including phenoxy) is 1. The minimum absolute atomic E-state index is 0.0824. The first-order chi connectivity index (χ1) is 9.70. The molecule has 0 aromatic heterocycles. The van der Waals surface area contributed by atoms with E-state index in [1.807, 2.05) is 0 Å². The van der Waals surface area contributed by atoms with E-state index in [9.17, 15) is 9.18 Å². The molecule has 2 rings (SSSR count). The van der Waals surface area contributed by atoms with E-state index in [1.165, 1.54) is 12.1 Å². The Labute approximate surface area is 119 Å². The lowest BCUT2D eigenvalue weighted by atomic mass is 10.1. The summed E-state index contributed by atoms with van der Waals surface area (Å²) < 4.78 is 18.2. The predicted molar refractivity (Wildman–Crippen MR) is 75.2 cm³/mol. The van der Waals surface area contributed by atoms with Crippen molar-refractivity contribution in [1.82, 2.24) is 9.80 Å². The van der Waals surface area contributed by atoms with Crippen molar-refractivity contribution in [3.8, 4) is 0 Å². The first kappa shape index (κ1) is 14.9. The fourth-order valence-electron chi connectivity index (χ4n) is 2.41. The van der Waals surface area contributed by atoms with Crippen LogP contribution in [0.1, 0.15) is 16.8 Å². The second kappa shape index (κ2) is 7.36. The van der Waals surface area contributed by atoms with Crippen LogP contribution in [0.3, 0.4) is 0 Å². The molecule has 1 fully saturated rings. The number of methoxy groups -OCH3 is 1. The minimum Gasteiger partial charge on any atom is -0.385 e. The van der Waals surface area contributed by atoms with Crippen molar-refractivity contribution in [3.63, 3.8) is 0 Å². The Hall–Kier alpha value is -1.46. The molecule has 0 atom stereocenters. The zero-order chi connectivity index (χ0) is 14.4. The van der Waals surface area contributed by atoms with Crippen LogP contribution in [-0.2, 0) is 4.74 Å². The highest BCUT2D eigenvalue weighted by Gasteiger charge is 2.21. The summed E-state index contributed by atoms with van der Waals surface area (Å²) in [5, 5.41) is 0. The lowest BCUT2D eigenvalue weighted by Crippen LogP contribution is -2.48. The second-order valence-corrected chi connectivity index (χ2v) is 4.99. The van der Waals surface area contributed by atoms with Crippen LogP contribution in [0.5, 0.6) is 0 Å². The van der Waals surface area contributed by atoms with E-state index in [4.69, 9.17) is 4.74 Å². The summed E-state index contributed by atoms with van der Waals surface area (Å²) >= 11 is 0. The molecule has 1 aliphatic heterocycles. The van der Waals surface area contributed by atoms with Crippen molar-refractivity contribution in [3.05, 3.63) is 35.6 Å². The normalized spacial score (nSPS) is 16.4. The van der Waals surface area contributed by atoms with Crippen molar-refractivity contribution in [2.24, 2.45) is 0 Å². The molecule has 110 valence electrons. The number of halogens is 1. The molecule has 0 unspecified atom stereocenters. The third-order valence-corrected chi connectivity index (χ3v) is 3.55. The molecule has 0 bridgehead atoms. The van der Waals surface area contributed by atoms with Gasteiger partial charge in [0.05, 0.1) is 0 Å². The van der Waals surface area contributed by atoms with Crippen molar-refractivity contribution >= 4 is 5.91 Å². The van der Waals surface area contributed by atoms with Gasteiger partial charge in [0.25, 0.3) is 5.91 Å². The molecule has 0 N–H and O–H groups in total. The van der Waals surface area contributed by atoms with Gasteiger partial charge in [0.1, 0.15) is 5.82 Å². The van der Waals surface area contributed by atoms with Crippen LogP contribution in [0.25, 0.3) is 0 Å². The third kappa shape index (κ3) is 4.02. The summed E-state index contributed by atoms with van der Waals surface area (Å²) in [4.78, 5) is 16.4. The zero-order valence-electron chi connectivity index (χ0n) is 11.8. The molecular weight excluding hydrogens is 259 g/mol. The lowest BCUT2D eigenvalue weighted by molar-refractivity contribution is 0.0623. The molecule has 0 saturated carbocycles. The van der Waals surface area contributed by atoms with Gasteiger partial charge in [-0.1, -0.05) is 6.07 Å². The number of rotatable bonds is 5. The summed E-state index contributed by atoms with van der Waals surface area (Å²) in [6.45, 7) is 4.89. The SMILES string of the molecule is COCCCN1CCN(C(=O)c2cccc(F)c2)CC1. The van der Waals surface area contributed by atoms with E-state index in [2.05, 4.69) is 4.90 Å². The van der Waals surface area contributed by atoms with Crippen LogP contribution >= 0.6 is 0 Å². The number of carbonyl (C=O) groups excluding carboxylic acids is 1. The molecule has 1 saturated heterocycles. The van der Waals surface area contributed by atoms with Gasteiger partial charge in [0, 0.05) is 52.0 Å². The summed E-state index contributed by atoms with van der Waals surface area (Å²) in [6.07, 6.45) is 1.01. The average Bonchev–Trinajstić information content (AvgIpc) is 2.47. The highest BCUT2D eigenvalue weighted by Crippen LogP contribution is 2.10. The minimum atomic E-state index is -0.367. The zero-order valence-corrected chi connectivity index (χ0v) is 11.8. The van der Waals surface area contributed by atoms with Crippen LogP contribution in [0, 0.1) is 5.82 Å². The lowest BCUT2D eigenvalue weighted by Gasteiger charge is -2.34. The topological polar surface area (TPSA) is 32.8 Å². The molecule has 0 aliphatic carbocycles. The van der Waals surface area contributed by atoms with Gasteiger partial charge < -0.3 is 9.64 Å². The Bertz CT molecular complexity index is 445. The molecule has 1 aromatic carbocycles. The van der Waals surface area contributed by atoms with Crippen LogP contribution in [-0.4, -0.2) is 62.1 Å². The number of piperazine rings is 1. The van der Waals surface area contributed by atoms with E-state index in [-0.39, 0.29) is 11.7 Å². The van der Waals surface area contributed by atoms with E-state index < -0.39 is 0 Å². The van der Waals surface area contributed by atoms with Gasteiger partial charge in [-0.3, -0.25) is 9.69 Å². The first-order valence-corrected chi connectivity index (χ1v) is 6.97. The van der Waals surface area contributed by atoms with Crippen molar-refractivity contribution in [1.29, 1.82) is 0 Å². The Balaban J connectivity index is 1.83. The number of amides is 1. The van der Waals surface area contributed by atoms with Crippen molar-refractivity contribution in [2.45, 2.75) is 6.42 Å². The third-order valence-electron chi connectivity index (χ3n) is 3.55. The predicted octanol–water partition coefficient (Wildman–Crippen LogP) is 1.62. The van der Waals surface area contributed by atoms with Gasteiger partial charge in [-0.05, 0) is 24.6 Å². The average molecular weight is 280 g/mol. The molecular formula is C15H21FN2O2. The summed E-state index contributed by atoms with van der Waals surface area (Å²) in [6, 6.07) is 5.89. The fourth-order valence-corrected chi connectivity index (χ4v) is 2.41. The Morgan fingerprint density at radius 1 is 1.30 bits per heavy atom. The highest BCUT2D eigenvalue weighted by molar-refractivity contribution is 5.94. The molecule has 0 spiro atoms. The first-order valence-electron chi connectivity index (χ1n) is 6.97. The van der Waals surface area contributed by atoms with E-state index in [0.717, 1.165) is 32.7 Å². The van der Waals surface area contributed by atoms with Gasteiger partial charge in [0.2, 0.25) is 0 Å². The van der Waals surface area contributed by atoms with Gasteiger partial charge >= 0.3 is 0 Å². The number of benzene rings is 1. The number of hydrogen-bond donors (Lipinski definition) is 0. The van der Waals surface area contributed by atoms with E-state index in [1.54, 1.807) is 24.1 Å². The van der Waals surface area contributed by atoms with Crippen molar-refractivity contribution in [2.75, 3.05) is 46.4 Å². The quantitative estimate of drug-likeness (QED) is 0.768. The maximum atomic E-state index is 13.1. The number of nitrogens with zero attached hydrogens (tertiary/aromatic N) is 2. The summed E-state index contributed by atoms with van der Waals surface area (Å²) in [5.74, 6) is -0.449. The van der Waals surface area contributed by atoms with Crippen LogP contribution in [0.15, 0.2) is 24.3 Å². The van der Waals surface area contributed by atoms with Gasteiger partial charge in [-0.25, -0.2) is 4.39 Å². The van der Waals surface area contributed by atoms with Crippen molar-refractivity contribution < 1.29 is 13.9 Å². The van der Waals surface area contributed by atoms with Gasteiger partial charge in [-0.2, -0.15) is 0 Å². The van der Waals surface area contributed by atoms with E-state index in [0.29, 0.717) is 18.7 Å². The van der Waals surface area contributed by atoms with Gasteiger partial charge in [0.15, 0.2) is 0 Å². The Morgan fingerprint density at radius 3 is 2.70 bits per heavy atom. The highest BCUT2D eigenvalue weighted by atomic mass is 19.1. The fraction of sp³-hybridized carbons (Fsp3) is 0.533. The maximum Gasteiger partial charge on any atom is 0.254 e. The largest absolute Gasteiger partial charge is 0.385 e. The van der Waals surface area contributed by atoms with E-state index >= 15 is 0 Å². The number of hydrogen-bond acceptors (Lipinski definition) is 3. The second-order valence-electron chi connectivity index (χ2n) is 4.99. The Morgan fingerprint density at radius 2 is 2.05 bits per heavy atom. The standard InChI is InChI=1S/C15H21FN2O2/c1-20-11-3-6-17-7-9-18(10-8-17)15(19)13-4-2-5-14(16)12-13/h2,4-5,12H,3,6-11H2,1H3. The molecule has 1 aromatic rings. The van der Waals surface area contributed by atoms with Crippen LogP contribution in [0.4, 0.5) is 4.39 Å². The maximum absolute atomic E-state index is 13.1. The summed E-state index contributed by atoms with van der Waals surface area (Å²) in [7, 11) is 1.70.